The second-order valence-electron chi connectivity index (χ2n) is 3.79. The highest BCUT2D eigenvalue weighted by Gasteiger charge is 2.08. The fraction of sp³-hybridized carbons (Fsp3) is 0.0769. The maximum atomic E-state index is 2.41. The summed E-state index contributed by atoms with van der Waals surface area (Å²) in [5.74, 6) is 0. The lowest BCUT2D eigenvalue weighted by Crippen LogP contribution is -1.78. The molecule has 0 saturated heterocycles. The van der Waals surface area contributed by atoms with Crippen molar-refractivity contribution in [3.63, 3.8) is 0 Å². The molecule has 3 heteroatoms. The smallest absolute Gasteiger partial charge is 0.0395 e. The molecule has 1 aromatic heterocycles. The van der Waals surface area contributed by atoms with Crippen LogP contribution in [0.4, 0.5) is 0 Å². The SMILES string of the molecule is Cc1c(I)ccc2c1sc1cc(I)ccc12. The molecule has 0 aliphatic rings. The second-order valence-corrected chi connectivity index (χ2v) is 7.25. The van der Waals surface area contributed by atoms with Gasteiger partial charge in [-0.15, -0.1) is 11.3 Å². The van der Waals surface area contributed by atoms with Crippen LogP contribution >= 0.6 is 56.5 Å². The van der Waals surface area contributed by atoms with Crippen LogP contribution in [0.3, 0.4) is 0 Å². The molecule has 0 bridgehead atoms. The summed E-state index contributed by atoms with van der Waals surface area (Å²) in [4.78, 5) is 0. The van der Waals surface area contributed by atoms with Gasteiger partial charge in [0, 0.05) is 27.3 Å². The third-order valence-electron chi connectivity index (χ3n) is 2.79. The number of fused-ring (bicyclic) bond motifs is 3. The van der Waals surface area contributed by atoms with Crippen LogP contribution in [0, 0.1) is 14.1 Å². The molecule has 3 rings (SSSR count). The van der Waals surface area contributed by atoms with E-state index in [1.54, 1.807) is 0 Å². The van der Waals surface area contributed by atoms with Crippen LogP contribution in [0.25, 0.3) is 20.2 Å². The van der Waals surface area contributed by atoms with E-state index in [9.17, 15) is 0 Å². The molecule has 0 fully saturated rings. The third kappa shape index (κ3) is 1.67. The van der Waals surface area contributed by atoms with E-state index in [-0.39, 0.29) is 0 Å². The van der Waals surface area contributed by atoms with Crippen molar-refractivity contribution < 1.29 is 0 Å². The molecule has 2 aromatic carbocycles. The van der Waals surface area contributed by atoms with Crippen molar-refractivity contribution in [1.29, 1.82) is 0 Å². The zero-order chi connectivity index (χ0) is 11.3. The molecule has 0 N–H and O–H groups in total. The zero-order valence-electron chi connectivity index (χ0n) is 8.55. The van der Waals surface area contributed by atoms with Gasteiger partial charge < -0.3 is 0 Å². The fourth-order valence-corrected chi connectivity index (χ4v) is 4.50. The summed E-state index contributed by atoms with van der Waals surface area (Å²) in [5.41, 5.74) is 1.41. The van der Waals surface area contributed by atoms with E-state index in [0.717, 1.165) is 0 Å². The van der Waals surface area contributed by atoms with Gasteiger partial charge in [0.1, 0.15) is 0 Å². The molecule has 0 unspecified atom stereocenters. The monoisotopic (exact) mass is 450 g/mol. The van der Waals surface area contributed by atoms with E-state index in [4.69, 9.17) is 0 Å². The molecule has 0 saturated carbocycles. The van der Waals surface area contributed by atoms with Crippen LogP contribution in [0.15, 0.2) is 30.3 Å². The van der Waals surface area contributed by atoms with Crippen molar-refractivity contribution >= 4 is 76.7 Å². The van der Waals surface area contributed by atoms with Crippen LogP contribution < -0.4 is 0 Å². The summed E-state index contributed by atoms with van der Waals surface area (Å²) in [5, 5.41) is 2.79. The minimum absolute atomic E-state index is 1.31. The number of hydrogen-bond acceptors (Lipinski definition) is 1. The molecule has 0 spiro atoms. The summed E-state index contributed by atoms with van der Waals surface area (Å²) in [7, 11) is 0. The topological polar surface area (TPSA) is 0 Å². The summed E-state index contributed by atoms with van der Waals surface area (Å²) in [6.45, 7) is 2.21. The van der Waals surface area contributed by atoms with Crippen LogP contribution in [0.5, 0.6) is 0 Å². The Hall–Kier alpha value is 0.120. The first-order valence-corrected chi connectivity index (χ1v) is 7.91. The Morgan fingerprint density at radius 2 is 1.75 bits per heavy atom. The maximum absolute atomic E-state index is 2.41. The molecule has 0 aliphatic carbocycles. The largest absolute Gasteiger partial charge is 0.135 e. The van der Waals surface area contributed by atoms with Crippen molar-refractivity contribution in [1.82, 2.24) is 0 Å². The lowest BCUT2D eigenvalue weighted by molar-refractivity contribution is 1.51. The Bertz CT molecular complexity index is 698. The minimum atomic E-state index is 1.31. The average molecular weight is 450 g/mol. The van der Waals surface area contributed by atoms with Gasteiger partial charge in [0.2, 0.25) is 0 Å². The van der Waals surface area contributed by atoms with Crippen LogP contribution in [0.1, 0.15) is 5.56 Å². The fourth-order valence-electron chi connectivity index (χ4n) is 1.92. The number of rotatable bonds is 0. The predicted molar refractivity (Wildman–Crippen MR) is 89.5 cm³/mol. The van der Waals surface area contributed by atoms with E-state index in [1.165, 1.54) is 32.9 Å². The molecule has 0 amide bonds. The molecule has 1 heterocycles. The Morgan fingerprint density at radius 1 is 1.00 bits per heavy atom. The Kier molecular flexibility index (Phi) is 2.88. The zero-order valence-corrected chi connectivity index (χ0v) is 13.7. The van der Waals surface area contributed by atoms with Gasteiger partial charge in [-0.1, -0.05) is 12.1 Å². The number of halogens is 2. The Balaban J connectivity index is 2.55. The highest BCUT2D eigenvalue weighted by Crippen LogP contribution is 2.37. The first-order chi connectivity index (χ1) is 7.66. The number of thiophene rings is 1. The Morgan fingerprint density at radius 3 is 2.56 bits per heavy atom. The van der Waals surface area contributed by atoms with Crippen LogP contribution in [0.2, 0.25) is 0 Å². The first-order valence-electron chi connectivity index (χ1n) is 4.93. The van der Waals surface area contributed by atoms with E-state index in [0.29, 0.717) is 0 Å². The van der Waals surface area contributed by atoms with Crippen LogP contribution in [-0.2, 0) is 0 Å². The van der Waals surface area contributed by atoms with Gasteiger partial charge >= 0.3 is 0 Å². The highest BCUT2D eigenvalue weighted by atomic mass is 127. The van der Waals surface area contributed by atoms with Gasteiger partial charge in [0.05, 0.1) is 0 Å². The average Bonchev–Trinajstić information content (AvgIpc) is 2.62. The summed E-state index contributed by atoms with van der Waals surface area (Å²) in [6.07, 6.45) is 0. The highest BCUT2D eigenvalue weighted by molar-refractivity contribution is 14.1. The van der Waals surface area contributed by atoms with Gasteiger partial charge in [-0.05, 0) is 75.9 Å². The normalized spacial score (nSPS) is 11.4. The summed E-state index contributed by atoms with van der Waals surface area (Å²) < 4.78 is 5.49. The third-order valence-corrected chi connectivity index (χ3v) is 5.91. The molecule has 0 nitrogen and oxygen atoms in total. The van der Waals surface area contributed by atoms with E-state index in [2.05, 4.69) is 82.4 Å². The first kappa shape index (κ1) is 11.2. The molecular formula is C13H8I2S. The van der Waals surface area contributed by atoms with Gasteiger partial charge in [0.25, 0.3) is 0 Å². The van der Waals surface area contributed by atoms with E-state index in [1.807, 2.05) is 11.3 Å². The van der Waals surface area contributed by atoms with E-state index >= 15 is 0 Å². The van der Waals surface area contributed by atoms with E-state index < -0.39 is 0 Å². The quantitative estimate of drug-likeness (QED) is 0.393. The van der Waals surface area contributed by atoms with Crippen molar-refractivity contribution in [2.24, 2.45) is 0 Å². The molecule has 80 valence electrons. The molecule has 0 aliphatic heterocycles. The number of aryl methyl sites for hydroxylation is 1. The Labute approximate surface area is 125 Å². The van der Waals surface area contributed by atoms with Gasteiger partial charge in [0.15, 0.2) is 0 Å². The van der Waals surface area contributed by atoms with Crippen molar-refractivity contribution in [2.45, 2.75) is 6.92 Å². The second kappa shape index (κ2) is 4.10. The number of benzene rings is 2. The minimum Gasteiger partial charge on any atom is -0.135 e. The molecule has 0 atom stereocenters. The predicted octanol–water partition coefficient (Wildman–Crippen LogP) is 5.57. The van der Waals surface area contributed by atoms with Crippen LogP contribution in [-0.4, -0.2) is 0 Å². The van der Waals surface area contributed by atoms with Gasteiger partial charge in [-0.3, -0.25) is 0 Å². The standard InChI is InChI=1S/C13H8I2S/c1-7-11(15)5-4-10-9-3-2-8(14)6-12(9)16-13(7)10/h2-6H,1H3. The molecule has 0 radical (unpaired) electrons. The van der Waals surface area contributed by atoms with Gasteiger partial charge in [-0.2, -0.15) is 0 Å². The lowest BCUT2D eigenvalue weighted by atomic mass is 10.1. The van der Waals surface area contributed by atoms with Gasteiger partial charge in [-0.25, -0.2) is 0 Å². The molecule has 3 aromatic rings. The summed E-state index contributed by atoms with van der Waals surface area (Å²) >= 11 is 6.69. The van der Waals surface area contributed by atoms with Crippen molar-refractivity contribution in [3.05, 3.63) is 43.0 Å². The maximum Gasteiger partial charge on any atom is 0.0395 e. The lowest BCUT2D eigenvalue weighted by Gasteiger charge is -1.98. The summed E-state index contributed by atoms with van der Waals surface area (Å²) in [6, 6.07) is 11.1. The van der Waals surface area contributed by atoms with Crippen molar-refractivity contribution in [2.75, 3.05) is 0 Å². The molecular weight excluding hydrogens is 442 g/mol. The molecule has 16 heavy (non-hydrogen) atoms. The van der Waals surface area contributed by atoms with Crippen molar-refractivity contribution in [3.8, 4) is 0 Å². The number of hydrogen-bond donors (Lipinski definition) is 0.